The van der Waals surface area contributed by atoms with Crippen LogP contribution in [0, 0.1) is 11.3 Å². The molecule has 6 aromatic carbocycles. The Kier molecular flexibility index (Phi) is 5.75. The van der Waals surface area contributed by atoms with Crippen LogP contribution in [0.5, 0.6) is 0 Å². The summed E-state index contributed by atoms with van der Waals surface area (Å²) < 4.78 is 2.09. The largest absolute Gasteiger partial charge is 0.308 e. The SMILES string of the molecule is N#Cc1ccc(-c2cccc3c2c2ccccc2n3-c2cccc3c2C(=O)N(c2ccccc2-c2ccccc2)C3=O)cc1. The summed E-state index contributed by atoms with van der Waals surface area (Å²) in [5, 5.41) is 11.4. The summed E-state index contributed by atoms with van der Waals surface area (Å²) in [4.78, 5) is 29.7. The summed E-state index contributed by atoms with van der Waals surface area (Å²) in [6.07, 6.45) is 0. The number of aromatic nitrogens is 1. The number of imide groups is 1. The molecular formula is C39H23N3O2. The lowest BCUT2D eigenvalue weighted by Gasteiger charge is -2.18. The normalized spacial score (nSPS) is 12.6. The van der Waals surface area contributed by atoms with Crippen LogP contribution in [0.1, 0.15) is 26.3 Å². The van der Waals surface area contributed by atoms with Crippen molar-refractivity contribution < 1.29 is 9.59 Å². The molecule has 0 aliphatic carbocycles. The smallest absolute Gasteiger partial charge is 0.268 e. The van der Waals surface area contributed by atoms with Gasteiger partial charge in [-0.3, -0.25) is 9.59 Å². The number of carbonyl (C=O) groups excluding carboxylic acids is 2. The van der Waals surface area contributed by atoms with Crippen molar-refractivity contribution in [3.05, 3.63) is 156 Å². The van der Waals surface area contributed by atoms with Gasteiger partial charge in [0.15, 0.2) is 0 Å². The van der Waals surface area contributed by atoms with Crippen molar-refractivity contribution in [1.29, 1.82) is 5.26 Å². The summed E-state index contributed by atoms with van der Waals surface area (Å²) in [5.74, 6) is -0.688. The Morgan fingerprint density at radius 3 is 1.93 bits per heavy atom. The number of nitrogens with zero attached hydrogens (tertiary/aromatic N) is 3. The van der Waals surface area contributed by atoms with Gasteiger partial charge >= 0.3 is 0 Å². The molecule has 0 saturated carbocycles. The lowest BCUT2D eigenvalue weighted by molar-refractivity contribution is 0.0926. The van der Waals surface area contributed by atoms with Gasteiger partial charge in [0.25, 0.3) is 11.8 Å². The van der Waals surface area contributed by atoms with E-state index in [1.165, 1.54) is 4.90 Å². The number of para-hydroxylation sites is 2. The third kappa shape index (κ3) is 3.72. The molecule has 0 radical (unpaired) electrons. The van der Waals surface area contributed by atoms with E-state index in [2.05, 4.69) is 22.8 Å². The number of nitriles is 1. The van der Waals surface area contributed by atoms with Crippen molar-refractivity contribution in [3.8, 4) is 34.0 Å². The first-order chi connectivity index (χ1) is 21.7. The molecule has 2 heterocycles. The van der Waals surface area contributed by atoms with Crippen molar-refractivity contribution in [1.82, 2.24) is 4.57 Å². The lowest BCUT2D eigenvalue weighted by Crippen LogP contribution is -2.30. The summed E-state index contributed by atoms with van der Waals surface area (Å²) in [5.41, 5.74) is 8.18. The minimum atomic E-state index is -0.349. The average molecular weight is 566 g/mol. The minimum Gasteiger partial charge on any atom is -0.308 e. The Morgan fingerprint density at radius 1 is 0.500 bits per heavy atom. The molecule has 0 saturated heterocycles. The van der Waals surface area contributed by atoms with Crippen LogP contribution in [-0.4, -0.2) is 16.4 Å². The molecular weight excluding hydrogens is 542 g/mol. The molecule has 2 amide bonds. The molecule has 1 aromatic heterocycles. The maximum Gasteiger partial charge on any atom is 0.268 e. The number of carbonyl (C=O) groups is 2. The second-order valence-electron chi connectivity index (χ2n) is 10.8. The highest BCUT2D eigenvalue weighted by atomic mass is 16.2. The van der Waals surface area contributed by atoms with E-state index in [4.69, 9.17) is 0 Å². The highest BCUT2D eigenvalue weighted by Crippen LogP contribution is 2.42. The lowest BCUT2D eigenvalue weighted by atomic mass is 9.98. The number of hydrogen-bond acceptors (Lipinski definition) is 3. The molecule has 5 nitrogen and oxygen atoms in total. The molecule has 0 fully saturated rings. The monoisotopic (exact) mass is 565 g/mol. The van der Waals surface area contributed by atoms with Crippen LogP contribution in [0.2, 0.25) is 0 Å². The third-order valence-electron chi connectivity index (χ3n) is 8.39. The quantitative estimate of drug-likeness (QED) is 0.200. The number of fused-ring (bicyclic) bond motifs is 4. The molecule has 0 spiro atoms. The van der Waals surface area contributed by atoms with Gasteiger partial charge < -0.3 is 4.57 Å². The van der Waals surface area contributed by atoms with Crippen LogP contribution in [0.4, 0.5) is 5.69 Å². The molecule has 0 unspecified atom stereocenters. The summed E-state index contributed by atoms with van der Waals surface area (Å²) in [7, 11) is 0. The van der Waals surface area contributed by atoms with Gasteiger partial charge in [-0.15, -0.1) is 0 Å². The van der Waals surface area contributed by atoms with Crippen molar-refractivity contribution in [2.24, 2.45) is 0 Å². The van der Waals surface area contributed by atoms with E-state index >= 15 is 0 Å². The van der Waals surface area contributed by atoms with Crippen LogP contribution in [-0.2, 0) is 0 Å². The fourth-order valence-corrected chi connectivity index (χ4v) is 6.45. The Bertz CT molecular complexity index is 2330. The van der Waals surface area contributed by atoms with E-state index in [1.54, 1.807) is 6.07 Å². The summed E-state index contributed by atoms with van der Waals surface area (Å²) in [6.45, 7) is 0. The molecule has 8 rings (SSSR count). The highest BCUT2D eigenvalue weighted by Gasteiger charge is 2.40. The van der Waals surface area contributed by atoms with Gasteiger partial charge in [-0.25, -0.2) is 4.90 Å². The first kappa shape index (κ1) is 25.5. The molecule has 5 heteroatoms. The Morgan fingerprint density at radius 2 is 1.11 bits per heavy atom. The molecule has 1 aliphatic heterocycles. The van der Waals surface area contributed by atoms with Gasteiger partial charge in [-0.05, 0) is 59.2 Å². The molecule has 0 atom stereocenters. The number of benzene rings is 6. The maximum absolute atomic E-state index is 14.4. The Labute approximate surface area is 253 Å². The van der Waals surface area contributed by atoms with E-state index in [0.717, 1.165) is 44.1 Å². The topological polar surface area (TPSA) is 66.1 Å². The molecule has 0 N–H and O–H groups in total. The van der Waals surface area contributed by atoms with Gasteiger partial charge in [0, 0.05) is 16.3 Å². The molecule has 1 aliphatic rings. The minimum absolute atomic E-state index is 0.339. The molecule has 206 valence electrons. The second-order valence-corrected chi connectivity index (χ2v) is 10.8. The Hall–Kier alpha value is -6.25. The zero-order valence-corrected chi connectivity index (χ0v) is 23.4. The van der Waals surface area contributed by atoms with Crippen molar-refractivity contribution >= 4 is 39.3 Å². The van der Waals surface area contributed by atoms with E-state index < -0.39 is 0 Å². The summed E-state index contributed by atoms with van der Waals surface area (Å²) >= 11 is 0. The van der Waals surface area contributed by atoms with Crippen LogP contribution >= 0.6 is 0 Å². The number of rotatable bonds is 4. The van der Waals surface area contributed by atoms with Crippen LogP contribution in [0.25, 0.3) is 49.7 Å². The van der Waals surface area contributed by atoms with Crippen molar-refractivity contribution in [2.75, 3.05) is 4.90 Å². The molecule has 0 bridgehead atoms. The fraction of sp³-hybridized carbons (Fsp3) is 0. The zero-order valence-electron chi connectivity index (χ0n) is 23.4. The first-order valence-corrected chi connectivity index (χ1v) is 14.3. The van der Waals surface area contributed by atoms with Gasteiger partial charge in [-0.2, -0.15) is 5.26 Å². The van der Waals surface area contributed by atoms with Crippen molar-refractivity contribution in [2.45, 2.75) is 0 Å². The van der Waals surface area contributed by atoms with E-state index in [-0.39, 0.29) is 11.8 Å². The van der Waals surface area contributed by atoms with Gasteiger partial charge in [0.1, 0.15) is 0 Å². The van der Waals surface area contributed by atoms with Crippen molar-refractivity contribution in [3.63, 3.8) is 0 Å². The van der Waals surface area contributed by atoms with Gasteiger partial charge in [0.2, 0.25) is 0 Å². The first-order valence-electron chi connectivity index (χ1n) is 14.3. The molecule has 7 aromatic rings. The standard InChI is InChI=1S/C39H23N3O2/c40-24-25-20-22-27(23-21-25)29-14-8-18-34-36(29)30-13-5-7-17-33(30)41(34)35-19-9-15-31-37(35)39(44)42(38(31)43)32-16-6-4-12-28(32)26-10-2-1-3-11-26/h1-23H. The number of amides is 2. The predicted molar refractivity (Wildman–Crippen MR) is 174 cm³/mol. The van der Waals surface area contributed by atoms with Crippen LogP contribution < -0.4 is 4.90 Å². The van der Waals surface area contributed by atoms with E-state index in [0.29, 0.717) is 28.1 Å². The zero-order chi connectivity index (χ0) is 29.8. The number of hydrogen-bond donors (Lipinski definition) is 0. The third-order valence-corrected chi connectivity index (χ3v) is 8.39. The van der Waals surface area contributed by atoms with Crippen LogP contribution in [0.3, 0.4) is 0 Å². The predicted octanol–water partition coefficient (Wildman–Crippen LogP) is 8.79. The Balaban J connectivity index is 1.35. The summed E-state index contributed by atoms with van der Waals surface area (Å²) in [6, 6.07) is 46.8. The maximum atomic E-state index is 14.4. The van der Waals surface area contributed by atoms with Gasteiger partial charge in [-0.1, -0.05) is 97.1 Å². The fourth-order valence-electron chi connectivity index (χ4n) is 6.45. The van der Waals surface area contributed by atoms with E-state index in [1.807, 2.05) is 121 Å². The van der Waals surface area contributed by atoms with E-state index in [9.17, 15) is 14.9 Å². The van der Waals surface area contributed by atoms with Gasteiger partial charge in [0.05, 0.1) is 45.2 Å². The average Bonchev–Trinajstić information content (AvgIpc) is 3.56. The number of anilines is 1. The second kappa shape index (κ2) is 9.94. The highest BCUT2D eigenvalue weighted by molar-refractivity contribution is 6.36. The molecule has 44 heavy (non-hydrogen) atoms. The van der Waals surface area contributed by atoms with Crippen LogP contribution in [0.15, 0.2) is 140 Å².